The molecule has 0 unspecified atom stereocenters. The number of anilines is 1. The van der Waals surface area contributed by atoms with Crippen LogP contribution in [0.4, 0.5) is 23.4 Å². The van der Waals surface area contributed by atoms with E-state index in [9.17, 15) is 22.4 Å². The van der Waals surface area contributed by atoms with Crippen molar-refractivity contribution in [3.8, 4) is 0 Å². The first-order valence-corrected chi connectivity index (χ1v) is 9.30. The fourth-order valence-electron chi connectivity index (χ4n) is 2.67. The third-order valence-electron chi connectivity index (χ3n) is 4.09. The summed E-state index contributed by atoms with van der Waals surface area (Å²) in [4.78, 5) is 12.1. The Labute approximate surface area is 171 Å². The molecular weight excluding hydrogens is 458 g/mol. The average Bonchev–Trinajstić information content (AvgIpc) is 3.18. The first-order valence-electron chi connectivity index (χ1n) is 8.51. The van der Waals surface area contributed by atoms with Crippen molar-refractivity contribution in [3.63, 3.8) is 0 Å². The van der Waals surface area contributed by atoms with Gasteiger partial charge < -0.3 is 5.32 Å². The summed E-state index contributed by atoms with van der Waals surface area (Å²) in [7, 11) is 0. The highest BCUT2D eigenvalue weighted by Crippen LogP contribution is 2.35. The Kier molecular flexibility index (Phi) is 6.06. The van der Waals surface area contributed by atoms with Crippen molar-refractivity contribution in [2.45, 2.75) is 32.6 Å². The number of benzene rings is 1. The van der Waals surface area contributed by atoms with Crippen LogP contribution in [0.15, 0.2) is 41.0 Å². The average molecular weight is 474 g/mol. The van der Waals surface area contributed by atoms with Gasteiger partial charge in [-0.25, -0.2) is 4.39 Å². The number of alkyl halides is 3. The maximum atomic E-state index is 13.2. The molecule has 6 nitrogen and oxygen atoms in total. The molecule has 1 amide bonds. The van der Waals surface area contributed by atoms with Crippen LogP contribution in [0, 0.1) is 12.7 Å². The molecule has 1 N–H and O–H groups in total. The lowest BCUT2D eigenvalue weighted by Crippen LogP contribution is -2.16. The van der Waals surface area contributed by atoms with Crippen LogP contribution in [0.1, 0.15) is 23.4 Å². The van der Waals surface area contributed by atoms with E-state index in [1.165, 1.54) is 23.7 Å². The van der Waals surface area contributed by atoms with Crippen LogP contribution in [0.3, 0.4) is 0 Å². The number of amides is 1. The number of nitrogens with zero attached hydrogens (tertiary/aromatic N) is 4. The van der Waals surface area contributed by atoms with E-state index in [2.05, 4.69) is 31.4 Å². The Morgan fingerprint density at radius 1 is 1.24 bits per heavy atom. The Balaban J connectivity index is 1.57. The molecule has 1 aromatic carbocycles. The number of halogens is 5. The third-order valence-corrected chi connectivity index (χ3v) is 5.04. The van der Waals surface area contributed by atoms with Crippen LogP contribution in [0.25, 0.3) is 0 Å². The van der Waals surface area contributed by atoms with Gasteiger partial charge in [-0.2, -0.15) is 23.4 Å². The van der Waals surface area contributed by atoms with Gasteiger partial charge in [-0.1, -0.05) is 12.1 Å². The largest absolute Gasteiger partial charge is 0.436 e. The normalized spacial score (nSPS) is 11.7. The fourth-order valence-corrected chi connectivity index (χ4v) is 3.18. The van der Waals surface area contributed by atoms with Gasteiger partial charge in [-0.05, 0) is 40.5 Å². The van der Waals surface area contributed by atoms with Gasteiger partial charge in [-0.3, -0.25) is 14.2 Å². The number of rotatable bonds is 6. The van der Waals surface area contributed by atoms with Gasteiger partial charge in [0.1, 0.15) is 5.82 Å². The van der Waals surface area contributed by atoms with Gasteiger partial charge in [0.2, 0.25) is 5.91 Å². The van der Waals surface area contributed by atoms with E-state index in [0.717, 1.165) is 4.68 Å². The molecule has 0 bridgehead atoms. The summed E-state index contributed by atoms with van der Waals surface area (Å²) < 4.78 is 54.4. The molecule has 0 saturated heterocycles. The Morgan fingerprint density at radius 3 is 2.66 bits per heavy atom. The van der Waals surface area contributed by atoms with Crippen molar-refractivity contribution in [3.05, 3.63) is 63.8 Å². The molecule has 154 valence electrons. The molecule has 0 atom stereocenters. The second kappa shape index (κ2) is 8.36. The van der Waals surface area contributed by atoms with Crippen molar-refractivity contribution in [2.24, 2.45) is 0 Å². The topological polar surface area (TPSA) is 64.7 Å². The highest BCUT2D eigenvalue weighted by atomic mass is 79.9. The molecule has 0 fully saturated rings. The van der Waals surface area contributed by atoms with E-state index in [4.69, 9.17) is 0 Å². The Hall–Kier alpha value is -2.69. The van der Waals surface area contributed by atoms with Crippen molar-refractivity contribution in [2.75, 3.05) is 5.32 Å². The van der Waals surface area contributed by atoms with Crippen LogP contribution in [0.5, 0.6) is 0 Å². The SMILES string of the molecule is Cc1c(Br)c(C(F)(F)F)nn1CCC(=O)Nc1ccn(Cc2cccc(F)c2)n1. The second-order valence-electron chi connectivity index (χ2n) is 6.30. The highest BCUT2D eigenvalue weighted by Gasteiger charge is 2.37. The van der Waals surface area contributed by atoms with Gasteiger partial charge in [0.25, 0.3) is 0 Å². The lowest BCUT2D eigenvalue weighted by molar-refractivity contribution is -0.142. The quantitative estimate of drug-likeness (QED) is 0.540. The second-order valence-corrected chi connectivity index (χ2v) is 7.09. The monoisotopic (exact) mass is 473 g/mol. The summed E-state index contributed by atoms with van der Waals surface area (Å²) in [5.74, 6) is -0.473. The zero-order valence-corrected chi connectivity index (χ0v) is 16.8. The van der Waals surface area contributed by atoms with Crippen LogP contribution in [0.2, 0.25) is 0 Å². The Morgan fingerprint density at radius 2 is 2.00 bits per heavy atom. The minimum atomic E-state index is -4.58. The molecular formula is C18H16BrF4N5O. The van der Waals surface area contributed by atoms with Crippen LogP contribution in [-0.2, 0) is 24.1 Å². The van der Waals surface area contributed by atoms with Crippen molar-refractivity contribution in [1.29, 1.82) is 0 Å². The van der Waals surface area contributed by atoms with E-state index in [1.807, 2.05) is 0 Å². The molecule has 0 aliphatic heterocycles. The van der Waals surface area contributed by atoms with Crippen molar-refractivity contribution < 1.29 is 22.4 Å². The predicted molar refractivity (Wildman–Crippen MR) is 101 cm³/mol. The number of aryl methyl sites for hydroxylation is 1. The molecule has 0 aliphatic rings. The van der Waals surface area contributed by atoms with E-state index in [0.29, 0.717) is 17.9 Å². The molecule has 0 saturated carbocycles. The van der Waals surface area contributed by atoms with Crippen LogP contribution in [-0.4, -0.2) is 25.5 Å². The molecule has 2 heterocycles. The zero-order chi connectivity index (χ0) is 21.2. The van der Waals surface area contributed by atoms with Gasteiger partial charge in [0.15, 0.2) is 11.5 Å². The zero-order valence-electron chi connectivity index (χ0n) is 15.2. The van der Waals surface area contributed by atoms with Crippen LogP contribution >= 0.6 is 15.9 Å². The minimum Gasteiger partial charge on any atom is -0.309 e. The lowest BCUT2D eigenvalue weighted by atomic mass is 10.2. The summed E-state index contributed by atoms with van der Waals surface area (Å²) in [5, 5.41) is 10.3. The fraction of sp³-hybridized carbons (Fsp3) is 0.278. The molecule has 0 spiro atoms. The molecule has 3 aromatic rings. The van der Waals surface area contributed by atoms with E-state index >= 15 is 0 Å². The Bertz CT molecular complexity index is 1030. The number of carbonyl (C=O) groups is 1. The first-order chi connectivity index (χ1) is 13.6. The predicted octanol–water partition coefficient (Wildman–Crippen LogP) is 4.39. The summed E-state index contributed by atoms with van der Waals surface area (Å²) in [6.07, 6.45) is -3.03. The minimum absolute atomic E-state index is 0.0175. The summed E-state index contributed by atoms with van der Waals surface area (Å²) in [5.41, 5.74) is -0.0258. The lowest BCUT2D eigenvalue weighted by Gasteiger charge is -2.05. The van der Waals surface area contributed by atoms with Crippen LogP contribution < -0.4 is 5.32 Å². The number of aromatic nitrogens is 4. The number of nitrogens with one attached hydrogen (secondary N) is 1. The van der Waals surface area contributed by atoms with Gasteiger partial charge >= 0.3 is 6.18 Å². The molecule has 3 rings (SSSR count). The van der Waals surface area contributed by atoms with Crippen molar-refractivity contribution in [1.82, 2.24) is 19.6 Å². The molecule has 0 radical (unpaired) electrons. The highest BCUT2D eigenvalue weighted by molar-refractivity contribution is 9.10. The maximum absolute atomic E-state index is 13.2. The third kappa shape index (κ3) is 5.22. The summed E-state index contributed by atoms with van der Waals surface area (Å²) in [6.45, 7) is 1.79. The van der Waals surface area contributed by atoms with Gasteiger partial charge in [-0.15, -0.1) is 0 Å². The van der Waals surface area contributed by atoms with Gasteiger partial charge in [0.05, 0.1) is 23.3 Å². The maximum Gasteiger partial charge on any atom is 0.436 e. The smallest absolute Gasteiger partial charge is 0.309 e. The van der Waals surface area contributed by atoms with E-state index in [1.54, 1.807) is 24.4 Å². The van der Waals surface area contributed by atoms with E-state index in [-0.39, 0.29) is 28.9 Å². The summed E-state index contributed by atoms with van der Waals surface area (Å²) >= 11 is 2.89. The number of carbonyl (C=O) groups excluding carboxylic acids is 1. The molecule has 29 heavy (non-hydrogen) atoms. The summed E-state index contributed by atoms with van der Waals surface area (Å²) in [6, 6.07) is 7.66. The van der Waals surface area contributed by atoms with Gasteiger partial charge in [0, 0.05) is 18.7 Å². The standard InChI is InChI=1S/C18H16BrF4N5O/c1-11-16(19)17(18(21,22)23)26-28(11)8-6-15(29)24-14-5-7-27(25-14)10-12-3-2-4-13(20)9-12/h2-5,7,9H,6,8,10H2,1H3,(H,24,25,29). The molecule has 2 aromatic heterocycles. The first kappa shape index (κ1) is 21.0. The molecule has 11 heteroatoms. The number of hydrogen-bond acceptors (Lipinski definition) is 3. The van der Waals surface area contributed by atoms with Crippen molar-refractivity contribution >= 4 is 27.7 Å². The number of hydrogen-bond donors (Lipinski definition) is 1. The molecule has 0 aliphatic carbocycles. The van der Waals surface area contributed by atoms with E-state index < -0.39 is 17.8 Å².